The maximum absolute atomic E-state index is 10.7. The van der Waals surface area contributed by atoms with Gasteiger partial charge in [-0.3, -0.25) is 9.78 Å². The van der Waals surface area contributed by atoms with Gasteiger partial charge in [-0.15, -0.1) is 0 Å². The molecular weight excluding hydrogens is 233 g/mol. The Morgan fingerprint density at radius 1 is 1.35 bits per heavy atom. The number of rotatable bonds is 5. The summed E-state index contributed by atoms with van der Waals surface area (Å²) < 4.78 is 5.33. The van der Waals surface area contributed by atoms with Crippen LogP contribution in [-0.4, -0.2) is 17.9 Å². The topological polar surface area (TPSA) is 39.2 Å². The minimum atomic E-state index is 0.446. The number of carbonyl (C=O) groups is 1. The molecule has 1 aromatic heterocycles. The van der Waals surface area contributed by atoms with E-state index in [0.29, 0.717) is 14.4 Å². The number of fused-ring (bicyclic) bond motifs is 1. The predicted octanol–water partition coefficient (Wildman–Crippen LogP) is 3.18. The van der Waals surface area contributed by atoms with Gasteiger partial charge in [0.2, 0.25) is 0 Å². The molecule has 4 heteroatoms. The van der Waals surface area contributed by atoms with Crippen molar-refractivity contribution in [2.24, 2.45) is 0 Å². The fourth-order valence-corrected chi connectivity index (χ4v) is 2.25. The highest BCUT2D eigenvalue weighted by molar-refractivity contribution is 7.31. The Hall–Kier alpha value is -1.31. The van der Waals surface area contributed by atoms with Crippen LogP contribution in [0.25, 0.3) is 10.8 Å². The second-order valence-electron chi connectivity index (χ2n) is 3.65. The fourth-order valence-electron chi connectivity index (χ4n) is 1.60. The summed E-state index contributed by atoms with van der Waals surface area (Å²) in [5, 5.41) is 2.11. The van der Waals surface area contributed by atoms with Gasteiger partial charge in [-0.1, -0.05) is 12.1 Å². The molecule has 0 aliphatic heterocycles. The lowest BCUT2D eigenvalue weighted by Gasteiger charge is -2.03. The van der Waals surface area contributed by atoms with Crippen molar-refractivity contribution in [3.8, 4) is 0 Å². The van der Waals surface area contributed by atoms with Gasteiger partial charge in [0.15, 0.2) is 0 Å². The van der Waals surface area contributed by atoms with E-state index in [-0.39, 0.29) is 0 Å². The molecule has 88 valence electrons. The van der Waals surface area contributed by atoms with E-state index in [1.807, 2.05) is 31.3 Å². The molecule has 1 aromatic carbocycles. The molecule has 3 nitrogen and oxygen atoms in total. The van der Waals surface area contributed by atoms with E-state index in [0.717, 1.165) is 35.5 Å². The molecule has 17 heavy (non-hydrogen) atoms. The van der Waals surface area contributed by atoms with Gasteiger partial charge in [-0.05, 0) is 24.4 Å². The van der Waals surface area contributed by atoms with Gasteiger partial charge < -0.3 is 4.52 Å². The smallest absolute Gasteiger partial charge is 0.150 e. The fraction of sp³-hybridized carbons (Fsp3) is 0.231. The van der Waals surface area contributed by atoms with Gasteiger partial charge in [0, 0.05) is 44.4 Å². The summed E-state index contributed by atoms with van der Waals surface area (Å²) in [6, 6.07) is 7.63. The van der Waals surface area contributed by atoms with Crippen LogP contribution in [0.15, 0.2) is 30.5 Å². The zero-order valence-electron chi connectivity index (χ0n) is 9.64. The quantitative estimate of drug-likeness (QED) is 0.462. The van der Waals surface area contributed by atoms with Crippen molar-refractivity contribution in [1.82, 2.24) is 4.98 Å². The number of benzene rings is 1. The number of nitrogens with zero attached hydrogens (tertiary/aromatic N) is 1. The Kier molecular flexibility index (Phi) is 4.18. The first kappa shape index (κ1) is 12.2. The summed E-state index contributed by atoms with van der Waals surface area (Å²) >= 11 is 0. The van der Waals surface area contributed by atoms with E-state index in [9.17, 15) is 4.79 Å². The Bertz CT molecular complexity index is 528. The first-order valence-electron chi connectivity index (χ1n) is 5.52. The molecule has 0 radical (unpaired) electrons. The van der Waals surface area contributed by atoms with E-state index < -0.39 is 0 Å². The highest BCUT2D eigenvalue weighted by Crippen LogP contribution is 2.21. The van der Waals surface area contributed by atoms with Crippen LogP contribution in [-0.2, 0) is 10.7 Å². The molecule has 2 aromatic rings. The van der Waals surface area contributed by atoms with Crippen molar-refractivity contribution >= 4 is 25.9 Å². The molecule has 0 aliphatic rings. The first-order valence-corrected chi connectivity index (χ1v) is 6.63. The highest BCUT2D eigenvalue weighted by Gasteiger charge is 2.00. The third kappa shape index (κ3) is 3.09. The van der Waals surface area contributed by atoms with Crippen molar-refractivity contribution in [3.63, 3.8) is 0 Å². The van der Waals surface area contributed by atoms with Crippen LogP contribution < -0.4 is 0 Å². The van der Waals surface area contributed by atoms with E-state index in [2.05, 4.69) is 4.98 Å². The number of pyridine rings is 1. The van der Waals surface area contributed by atoms with Crippen LogP contribution >= 0.6 is 8.81 Å². The Morgan fingerprint density at radius 3 is 3.00 bits per heavy atom. The number of hydrogen-bond acceptors (Lipinski definition) is 3. The highest BCUT2D eigenvalue weighted by atomic mass is 31.1. The molecule has 0 amide bonds. The zero-order chi connectivity index (χ0) is 12.1. The lowest BCUT2D eigenvalue weighted by atomic mass is 10.1. The maximum atomic E-state index is 10.7. The first-order chi connectivity index (χ1) is 8.33. The summed E-state index contributed by atoms with van der Waals surface area (Å²) in [4.78, 5) is 15.1. The molecule has 0 saturated carbocycles. The average molecular weight is 247 g/mol. The standard InChI is InChI=1S/C13H14NO2P/c1-2-16-17-9-13-6-12-5-10(8-15)3-4-11(12)7-14-13/h3-8,17H,2,9H2,1H3. The third-order valence-electron chi connectivity index (χ3n) is 2.44. The summed E-state index contributed by atoms with van der Waals surface area (Å²) in [5.74, 6) is 0. The van der Waals surface area contributed by atoms with Crippen LogP contribution in [0.3, 0.4) is 0 Å². The van der Waals surface area contributed by atoms with Gasteiger partial charge in [-0.2, -0.15) is 0 Å². The number of aldehydes is 1. The van der Waals surface area contributed by atoms with Crippen molar-refractivity contribution in [1.29, 1.82) is 0 Å². The van der Waals surface area contributed by atoms with Crippen LogP contribution in [0.5, 0.6) is 0 Å². The van der Waals surface area contributed by atoms with E-state index in [1.165, 1.54) is 0 Å². The Labute approximate surface area is 102 Å². The Balaban J connectivity index is 2.25. The normalized spacial score (nSPS) is 11.4. The van der Waals surface area contributed by atoms with Crippen LogP contribution in [0.4, 0.5) is 0 Å². The molecule has 0 bridgehead atoms. The van der Waals surface area contributed by atoms with E-state index in [4.69, 9.17) is 4.52 Å². The van der Waals surface area contributed by atoms with Crippen LogP contribution in [0.2, 0.25) is 0 Å². The largest absolute Gasteiger partial charge is 0.362 e. The second kappa shape index (κ2) is 5.85. The Morgan fingerprint density at radius 2 is 2.24 bits per heavy atom. The van der Waals surface area contributed by atoms with Crippen molar-refractivity contribution < 1.29 is 9.32 Å². The lowest BCUT2D eigenvalue weighted by molar-refractivity contribution is 0.112. The molecule has 0 N–H and O–H groups in total. The molecule has 0 fully saturated rings. The molecule has 1 atom stereocenters. The number of carbonyl (C=O) groups excluding carboxylic acids is 1. The average Bonchev–Trinajstić information content (AvgIpc) is 2.38. The predicted molar refractivity (Wildman–Crippen MR) is 70.8 cm³/mol. The van der Waals surface area contributed by atoms with Gasteiger partial charge >= 0.3 is 0 Å². The molecule has 0 aliphatic carbocycles. The van der Waals surface area contributed by atoms with E-state index >= 15 is 0 Å². The summed E-state index contributed by atoms with van der Waals surface area (Å²) in [6.45, 7) is 2.72. The van der Waals surface area contributed by atoms with Gasteiger partial charge in [0.25, 0.3) is 0 Å². The minimum absolute atomic E-state index is 0.446. The molecular formula is C13H14NO2P. The van der Waals surface area contributed by atoms with Crippen LogP contribution in [0.1, 0.15) is 23.0 Å². The third-order valence-corrected chi connectivity index (χ3v) is 3.44. The molecule has 1 unspecified atom stereocenters. The lowest BCUT2D eigenvalue weighted by Crippen LogP contribution is -1.88. The molecule has 2 rings (SSSR count). The van der Waals surface area contributed by atoms with Crippen molar-refractivity contribution in [2.45, 2.75) is 13.1 Å². The zero-order valence-corrected chi connectivity index (χ0v) is 10.6. The van der Waals surface area contributed by atoms with Crippen molar-refractivity contribution in [2.75, 3.05) is 6.61 Å². The summed E-state index contributed by atoms with van der Waals surface area (Å²) in [6.07, 6.45) is 3.53. The van der Waals surface area contributed by atoms with Gasteiger partial charge in [-0.25, -0.2) is 0 Å². The summed E-state index contributed by atoms with van der Waals surface area (Å²) in [7, 11) is 0.446. The number of aromatic nitrogens is 1. The maximum Gasteiger partial charge on any atom is 0.150 e. The monoisotopic (exact) mass is 247 g/mol. The molecule has 1 heterocycles. The SMILES string of the molecule is CCOPCc1cc2cc(C=O)ccc2cn1. The molecule has 0 spiro atoms. The number of hydrogen-bond donors (Lipinski definition) is 0. The second-order valence-corrected chi connectivity index (χ2v) is 4.59. The van der Waals surface area contributed by atoms with Gasteiger partial charge in [0.05, 0.1) is 0 Å². The minimum Gasteiger partial charge on any atom is -0.362 e. The summed E-state index contributed by atoms with van der Waals surface area (Å²) in [5.41, 5.74) is 1.70. The van der Waals surface area contributed by atoms with Gasteiger partial charge in [0.1, 0.15) is 6.29 Å². The van der Waals surface area contributed by atoms with E-state index in [1.54, 1.807) is 6.07 Å². The van der Waals surface area contributed by atoms with Crippen LogP contribution in [0, 0.1) is 0 Å². The molecule has 0 saturated heterocycles. The van der Waals surface area contributed by atoms with Crippen molar-refractivity contribution in [3.05, 3.63) is 41.7 Å².